The Kier molecular flexibility index (Phi) is 4.71. The lowest BCUT2D eigenvalue weighted by molar-refractivity contribution is -0.134. The third kappa shape index (κ3) is 3.59. The number of hydrogen-bond donors (Lipinski definition) is 3. The molecule has 1 aliphatic rings. The second kappa shape index (κ2) is 6.91. The molecule has 1 heterocycles. The molecule has 23 heavy (non-hydrogen) atoms. The summed E-state index contributed by atoms with van der Waals surface area (Å²) in [6, 6.07) is 17.8. The number of nitrogens with zero attached hydrogens (tertiary/aromatic N) is 1. The predicted octanol–water partition coefficient (Wildman–Crippen LogP) is 1.79. The highest BCUT2D eigenvalue weighted by Crippen LogP contribution is 2.23. The van der Waals surface area contributed by atoms with Gasteiger partial charge < -0.3 is 5.11 Å². The van der Waals surface area contributed by atoms with E-state index in [0.29, 0.717) is 19.5 Å². The topological polar surface area (TPSA) is 72.8 Å². The van der Waals surface area contributed by atoms with Crippen molar-refractivity contribution in [3.63, 3.8) is 0 Å². The summed E-state index contributed by atoms with van der Waals surface area (Å²) in [5.74, 6) is -0.470. The summed E-state index contributed by atoms with van der Waals surface area (Å²) in [4.78, 5) is 13.6. The molecule has 1 aliphatic heterocycles. The van der Waals surface area contributed by atoms with Gasteiger partial charge in [0.1, 0.15) is 0 Å². The van der Waals surface area contributed by atoms with Crippen molar-refractivity contribution in [2.75, 3.05) is 6.54 Å². The van der Waals surface area contributed by atoms with Gasteiger partial charge in [-0.3, -0.25) is 14.9 Å². The molecule has 0 saturated carbocycles. The van der Waals surface area contributed by atoms with Crippen molar-refractivity contribution < 1.29 is 15.1 Å². The monoisotopic (exact) mass is 312 g/mol. The van der Waals surface area contributed by atoms with E-state index in [4.69, 9.17) is 5.21 Å². The molecular weight excluding hydrogens is 292 g/mol. The number of carbonyl (C=O) groups is 1. The first-order valence-corrected chi connectivity index (χ1v) is 7.68. The van der Waals surface area contributed by atoms with E-state index in [0.717, 1.165) is 16.7 Å². The van der Waals surface area contributed by atoms with Crippen LogP contribution in [0.3, 0.4) is 0 Å². The van der Waals surface area contributed by atoms with Gasteiger partial charge in [-0.2, -0.15) is 0 Å². The highest BCUT2D eigenvalue weighted by atomic mass is 16.5. The molecule has 0 radical (unpaired) electrons. The van der Waals surface area contributed by atoms with Crippen molar-refractivity contribution in [2.45, 2.75) is 25.1 Å². The predicted molar refractivity (Wildman–Crippen MR) is 86.6 cm³/mol. The maximum atomic E-state index is 11.7. The number of β-amino-alcohol motifs (C(OH)–C–C–N with tert-alkyl or cyclic N) is 1. The largest absolute Gasteiger partial charge is 0.392 e. The first kappa shape index (κ1) is 15.7. The molecule has 2 atom stereocenters. The second-order valence-corrected chi connectivity index (χ2v) is 5.87. The molecule has 0 spiro atoms. The number of carbonyl (C=O) groups excluding carboxylic acids is 1. The quantitative estimate of drug-likeness (QED) is 0.594. The first-order chi connectivity index (χ1) is 11.2. The van der Waals surface area contributed by atoms with Crippen LogP contribution in [-0.2, 0) is 11.3 Å². The summed E-state index contributed by atoms with van der Waals surface area (Å²) in [7, 11) is 0. The lowest BCUT2D eigenvalue weighted by Gasteiger charge is -2.22. The number of rotatable bonds is 4. The smallest absolute Gasteiger partial charge is 0.260 e. The molecular formula is C18H20N2O3. The number of aliphatic hydroxyl groups is 1. The molecule has 5 heteroatoms. The maximum Gasteiger partial charge on any atom is 0.260 e. The lowest BCUT2D eigenvalue weighted by Crippen LogP contribution is -2.41. The minimum atomic E-state index is -0.541. The minimum absolute atomic E-state index is 0.342. The van der Waals surface area contributed by atoms with E-state index in [2.05, 4.69) is 24.3 Å². The van der Waals surface area contributed by atoms with Crippen molar-refractivity contribution in [3.05, 3.63) is 60.2 Å². The van der Waals surface area contributed by atoms with Gasteiger partial charge in [0.15, 0.2) is 0 Å². The van der Waals surface area contributed by atoms with Crippen LogP contribution < -0.4 is 5.48 Å². The summed E-state index contributed by atoms with van der Waals surface area (Å²) in [6.45, 7) is 0.989. The van der Waals surface area contributed by atoms with Gasteiger partial charge in [0.05, 0.1) is 12.1 Å². The van der Waals surface area contributed by atoms with E-state index in [-0.39, 0.29) is 0 Å². The summed E-state index contributed by atoms with van der Waals surface area (Å²) in [5.41, 5.74) is 5.05. The Bertz CT molecular complexity index is 658. The third-order valence-corrected chi connectivity index (χ3v) is 4.24. The Hall–Kier alpha value is -2.21. The number of hydroxylamine groups is 1. The van der Waals surface area contributed by atoms with E-state index in [1.165, 1.54) is 0 Å². The lowest BCUT2D eigenvalue weighted by atomic mass is 10.0. The molecule has 120 valence electrons. The molecule has 1 fully saturated rings. The van der Waals surface area contributed by atoms with Crippen molar-refractivity contribution in [1.29, 1.82) is 0 Å². The molecule has 0 aromatic heterocycles. The average Bonchev–Trinajstić information content (AvgIpc) is 2.96. The molecule has 1 amide bonds. The minimum Gasteiger partial charge on any atom is -0.392 e. The van der Waals surface area contributed by atoms with E-state index >= 15 is 0 Å². The van der Waals surface area contributed by atoms with Gasteiger partial charge in [-0.1, -0.05) is 54.6 Å². The highest BCUT2D eigenvalue weighted by molar-refractivity contribution is 5.81. The van der Waals surface area contributed by atoms with E-state index in [1.54, 1.807) is 5.48 Å². The standard InChI is InChI=1S/C18H20N2O3/c21-16-10-17(18(22)19-23)20(12-16)11-13-6-8-15(9-7-13)14-4-2-1-3-5-14/h1-9,16-17,21,23H,10-12H2,(H,19,22)/t16-,17+/m1/s1. The van der Waals surface area contributed by atoms with Crippen molar-refractivity contribution >= 4 is 5.91 Å². The van der Waals surface area contributed by atoms with E-state index in [1.807, 2.05) is 35.2 Å². The van der Waals surface area contributed by atoms with Gasteiger partial charge in [0.2, 0.25) is 0 Å². The van der Waals surface area contributed by atoms with Gasteiger partial charge in [-0.15, -0.1) is 0 Å². The van der Waals surface area contributed by atoms with Gasteiger partial charge in [0.25, 0.3) is 5.91 Å². The molecule has 2 aromatic rings. The number of aliphatic hydroxyl groups excluding tert-OH is 1. The van der Waals surface area contributed by atoms with Gasteiger partial charge in [-0.05, 0) is 23.1 Å². The van der Waals surface area contributed by atoms with Crippen LogP contribution in [0.1, 0.15) is 12.0 Å². The van der Waals surface area contributed by atoms with Gasteiger partial charge in [0, 0.05) is 13.1 Å². The fourth-order valence-electron chi connectivity index (χ4n) is 3.07. The highest BCUT2D eigenvalue weighted by Gasteiger charge is 2.35. The van der Waals surface area contributed by atoms with Crippen LogP contribution in [0.2, 0.25) is 0 Å². The Balaban J connectivity index is 1.72. The molecule has 2 aromatic carbocycles. The third-order valence-electron chi connectivity index (χ3n) is 4.24. The van der Waals surface area contributed by atoms with Crippen LogP contribution in [0, 0.1) is 0 Å². The molecule has 0 bridgehead atoms. The fourth-order valence-corrected chi connectivity index (χ4v) is 3.07. The molecule has 0 aliphatic carbocycles. The maximum absolute atomic E-state index is 11.7. The zero-order valence-electron chi connectivity index (χ0n) is 12.7. The van der Waals surface area contributed by atoms with Crippen molar-refractivity contribution in [2.24, 2.45) is 0 Å². The molecule has 3 rings (SSSR count). The van der Waals surface area contributed by atoms with Crippen LogP contribution in [0.4, 0.5) is 0 Å². The molecule has 5 nitrogen and oxygen atoms in total. The van der Waals surface area contributed by atoms with Crippen LogP contribution >= 0.6 is 0 Å². The summed E-state index contributed by atoms with van der Waals surface area (Å²) in [5, 5.41) is 18.6. The molecule has 3 N–H and O–H groups in total. The zero-order valence-corrected chi connectivity index (χ0v) is 12.7. The number of nitrogens with one attached hydrogen (secondary N) is 1. The number of amides is 1. The van der Waals surface area contributed by atoms with E-state index < -0.39 is 18.1 Å². The SMILES string of the molecule is O=C(NO)[C@@H]1C[C@@H](O)CN1Cc1ccc(-c2ccccc2)cc1. The summed E-state index contributed by atoms with van der Waals surface area (Å²) >= 11 is 0. The van der Waals surface area contributed by atoms with E-state index in [9.17, 15) is 9.90 Å². The molecule has 0 unspecified atom stereocenters. The van der Waals surface area contributed by atoms with Crippen LogP contribution in [0.15, 0.2) is 54.6 Å². The van der Waals surface area contributed by atoms with Crippen molar-refractivity contribution in [1.82, 2.24) is 10.4 Å². The average molecular weight is 312 g/mol. The summed E-state index contributed by atoms with van der Waals surface area (Å²) < 4.78 is 0. The number of likely N-dealkylation sites (tertiary alicyclic amines) is 1. The van der Waals surface area contributed by atoms with Crippen LogP contribution in [0.25, 0.3) is 11.1 Å². The van der Waals surface area contributed by atoms with Gasteiger partial charge >= 0.3 is 0 Å². The fraction of sp³-hybridized carbons (Fsp3) is 0.278. The van der Waals surface area contributed by atoms with Gasteiger partial charge in [-0.25, -0.2) is 5.48 Å². The second-order valence-electron chi connectivity index (χ2n) is 5.87. The van der Waals surface area contributed by atoms with Crippen molar-refractivity contribution in [3.8, 4) is 11.1 Å². The zero-order chi connectivity index (χ0) is 16.2. The summed E-state index contributed by atoms with van der Waals surface area (Å²) in [6.07, 6.45) is -0.199. The van der Waals surface area contributed by atoms with Crippen LogP contribution in [0.5, 0.6) is 0 Å². The number of benzene rings is 2. The number of hydrogen-bond acceptors (Lipinski definition) is 4. The molecule has 1 saturated heterocycles. The first-order valence-electron chi connectivity index (χ1n) is 7.68. The van der Waals surface area contributed by atoms with Crippen LogP contribution in [-0.4, -0.2) is 39.8 Å². The Morgan fingerprint density at radius 1 is 1.09 bits per heavy atom. The Morgan fingerprint density at radius 3 is 2.39 bits per heavy atom. The Labute approximate surface area is 135 Å². The Morgan fingerprint density at radius 2 is 1.74 bits per heavy atom. The normalized spacial score (nSPS) is 21.3.